The van der Waals surface area contributed by atoms with Crippen molar-refractivity contribution in [3.63, 3.8) is 0 Å². The second kappa shape index (κ2) is 3.81. The Labute approximate surface area is 80.0 Å². The van der Waals surface area contributed by atoms with E-state index in [1.807, 2.05) is 0 Å². The third-order valence-electron chi connectivity index (χ3n) is 3.48. The molecule has 0 spiro atoms. The van der Waals surface area contributed by atoms with Crippen LogP contribution in [0.1, 0.15) is 32.1 Å². The van der Waals surface area contributed by atoms with Crippen LogP contribution in [0, 0.1) is 5.92 Å². The number of piperidine rings is 1. The summed E-state index contributed by atoms with van der Waals surface area (Å²) in [6.07, 6.45) is 6.00. The van der Waals surface area contributed by atoms with Gasteiger partial charge in [-0.2, -0.15) is 0 Å². The number of allylic oxidation sites excluding steroid dienone is 1. The van der Waals surface area contributed by atoms with Crippen LogP contribution in [0.25, 0.3) is 0 Å². The molecule has 3 atom stereocenters. The van der Waals surface area contributed by atoms with Crippen LogP contribution in [0.2, 0.25) is 0 Å². The predicted molar refractivity (Wildman–Crippen MR) is 53.5 cm³/mol. The first kappa shape index (κ1) is 9.22. The number of aliphatic hydroxyl groups excluding tert-OH is 1. The van der Waals surface area contributed by atoms with E-state index in [-0.39, 0.29) is 0 Å². The Morgan fingerprint density at radius 1 is 1.38 bits per heavy atom. The summed E-state index contributed by atoms with van der Waals surface area (Å²) < 4.78 is 0. The van der Waals surface area contributed by atoms with E-state index < -0.39 is 0 Å². The van der Waals surface area contributed by atoms with E-state index in [1.54, 1.807) is 0 Å². The van der Waals surface area contributed by atoms with Gasteiger partial charge in [0.2, 0.25) is 0 Å². The second-order valence-electron chi connectivity index (χ2n) is 4.48. The minimum Gasteiger partial charge on any atom is -0.395 e. The Morgan fingerprint density at radius 3 is 3.00 bits per heavy atom. The van der Waals surface area contributed by atoms with Crippen LogP contribution in [0.3, 0.4) is 0 Å². The van der Waals surface area contributed by atoms with Gasteiger partial charge in [-0.05, 0) is 38.0 Å². The van der Waals surface area contributed by atoms with E-state index in [2.05, 4.69) is 11.9 Å². The monoisotopic (exact) mass is 181 g/mol. The third kappa shape index (κ3) is 1.94. The molecule has 1 saturated carbocycles. The largest absolute Gasteiger partial charge is 0.395 e. The van der Waals surface area contributed by atoms with Crippen molar-refractivity contribution in [1.82, 2.24) is 5.32 Å². The van der Waals surface area contributed by atoms with Crippen LogP contribution >= 0.6 is 0 Å². The molecule has 0 radical (unpaired) electrons. The molecular formula is C11H19NO. The molecule has 0 aromatic carbocycles. The fraction of sp³-hybridized carbons (Fsp3) is 0.818. The lowest BCUT2D eigenvalue weighted by Gasteiger charge is -2.40. The minimum atomic E-state index is 0.296. The van der Waals surface area contributed by atoms with E-state index in [0.29, 0.717) is 18.7 Å². The van der Waals surface area contributed by atoms with Crippen LogP contribution in [-0.2, 0) is 0 Å². The summed E-state index contributed by atoms with van der Waals surface area (Å²) in [5, 5.41) is 12.6. The van der Waals surface area contributed by atoms with Gasteiger partial charge < -0.3 is 10.4 Å². The van der Waals surface area contributed by atoms with Crippen molar-refractivity contribution in [1.29, 1.82) is 0 Å². The summed E-state index contributed by atoms with van der Waals surface area (Å²) in [6.45, 7) is 4.36. The van der Waals surface area contributed by atoms with Gasteiger partial charge in [-0.25, -0.2) is 0 Å². The SMILES string of the molecule is C=C1CCC2NC(CO)CCC2C1. The number of aliphatic hydroxyl groups is 1. The lowest BCUT2D eigenvalue weighted by Crippen LogP contribution is -2.50. The van der Waals surface area contributed by atoms with E-state index in [9.17, 15) is 0 Å². The first-order chi connectivity index (χ1) is 6.29. The normalized spacial score (nSPS) is 40.1. The molecule has 1 heterocycles. The molecule has 2 fully saturated rings. The molecule has 0 bridgehead atoms. The summed E-state index contributed by atoms with van der Waals surface area (Å²) in [4.78, 5) is 0. The molecule has 13 heavy (non-hydrogen) atoms. The first-order valence-corrected chi connectivity index (χ1v) is 5.33. The zero-order valence-electron chi connectivity index (χ0n) is 8.13. The van der Waals surface area contributed by atoms with Crippen molar-refractivity contribution < 1.29 is 5.11 Å². The Kier molecular flexibility index (Phi) is 2.70. The van der Waals surface area contributed by atoms with Crippen molar-refractivity contribution in [2.45, 2.75) is 44.2 Å². The zero-order chi connectivity index (χ0) is 9.26. The fourth-order valence-electron chi connectivity index (χ4n) is 2.68. The maximum absolute atomic E-state index is 9.05. The summed E-state index contributed by atoms with van der Waals surface area (Å²) in [5.41, 5.74) is 1.42. The molecule has 1 aliphatic carbocycles. The van der Waals surface area contributed by atoms with Crippen molar-refractivity contribution in [2.75, 3.05) is 6.61 Å². The molecule has 2 rings (SSSR count). The van der Waals surface area contributed by atoms with Gasteiger partial charge in [0.05, 0.1) is 6.61 Å². The van der Waals surface area contributed by atoms with Crippen LogP contribution in [-0.4, -0.2) is 23.8 Å². The van der Waals surface area contributed by atoms with E-state index in [4.69, 9.17) is 5.11 Å². The maximum atomic E-state index is 9.05. The van der Waals surface area contributed by atoms with Crippen LogP contribution in [0.5, 0.6) is 0 Å². The van der Waals surface area contributed by atoms with Crippen molar-refractivity contribution in [3.05, 3.63) is 12.2 Å². The molecule has 1 aliphatic heterocycles. The predicted octanol–water partition coefficient (Wildman–Crippen LogP) is 1.46. The number of nitrogens with one attached hydrogen (secondary N) is 1. The smallest absolute Gasteiger partial charge is 0.0584 e. The van der Waals surface area contributed by atoms with Crippen molar-refractivity contribution >= 4 is 0 Å². The molecule has 2 aliphatic rings. The highest BCUT2D eigenvalue weighted by Crippen LogP contribution is 2.34. The fourth-order valence-corrected chi connectivity index (χ4v) is 2.68. The second-order valence-corrected chi connectivity index (χ2v) is 4.48. The van der Waals surface area contributed by atoms with Crippen LogP contribution in [0.4, 0.5) is 0 Å². The quantitative estimate of drug-likeness (QED) is 0.600. The Balaban J connectivity index is 1.94. The summed E-state index contributed by atoms with van der Waals surface area (Å²) in [6, 6.07) is 1.00. The topological polar surface area (TPSA) is 32.3 Å². The van der Waals surface area contributed by atoms with Gasteiger partial charge in [0, 0.05) is 12.1 Å². The van der Waals surface area contributed by atoms with Gasteiger partial charge in [0.25, 0.3) is 0 Å². The van der Waals surface area contributed by atoms with E-state index in [0.717, 1.165) is 12.3 Å². The van der Waals surface area contributed by atoms with Crippen molar-refractivity contribution in [2.24, 2.45) is 5.92 Å². The molecule has 74 valence electrons. The number of hydrogen-bond acceptors (Lipinski definition) is 2. The average molecular weight is 181 g/mol. The standard InChI is InChI=1S/C11H19NO/c1-8-2-5-11-9(6-8)3-4-10(7-13)12-11/h9-13H,1-7H2. The number of fused-ring (bicyclic) bond motifs is 1. The highest BCUT2D eigenvalue weighted by Gasteiger charge is 2.32. The number of rotatable bonds is 1. The Morgan fingerprint density at radius 2 is 2.23 bits per heavy atom. The highest BCUT2D eigenvalue weighted by atomic mass is 16.3. The van der Waals surface area contributed by atoms with E-state index >= 15 is 0 Å². The highest BCUT2D eigenvalue weighted by molar-refractivity contribution is 5.05. The molecule has 1 saturated heterocycles. The van der Waals surface area contributed by atoms with Crippen LogP contribution in [0.15, 0.2) is 12.2 Å². The van der Waals surface area contributed by atoms with Gasteiger partial charge >= 0.3 is 0 Å². The lowest BCUT2D eigenvalue weighted by atomic mass is 9.76. The molecule has 2 nitrogen and oxygen atoms in total. The zero-order valence-corrected chi connectivity index (χ0v) is 8.13. The first-order valence-electron chi connectivity index (χ1n) is 5.33. The summed E-state index contributed by atoms with van der Waals surface area (Å²) in [5.74, 6) is 0.795. The van der Waals surface area contributed by atoms with Gasteiger partial charge in [-0.3, -0.25) is 0 Å². The lowest BCUT2D eigenvalue weighted by molar-refractivity contribution is 0.147. The minimum absolute atomic E-state index is 0.296. The molecular weight excluding hydrogens is 162 g/mol. The van der Waals surface area contributed by atoms with Gasteiger partial charge in [-0.15, -0.1) is 0 Å². The number of hydrogen-bond donors (Lipinski definition) is 2. The molecule has 3 unspecified atom stereocenters. The molecule has 2 heteroatoms. The molecule has 0 amide bonds. The summed E-state index contributed by atoms with van der Waals surface area (Å²) in [7, 11) is 0. The van der Waals surface area contributed by atoms with Gasteiger partial charge in [-0.1, -0.05) is 12.2 Å². The Bertz CT molecular complexity index is 202. The van der Waals surface area contributed by atoms with E-state index in [1.165, 1.54) is 31.3 Å². The third-order valence-corrected chi connectivity index (χ3v) is 3.48. The maximum Gasteiger partial charge on any atom is 0.0584 e. The Hall–Kier alpha value is -0.340. The van der Waals surface area contributed by atoms with Crippen LogP contribution < -0.4 is 5.32 Å². The summed E-state index contributed by atoms with van der Waals surface area (Å²) >= 11 is 0. The van der Waals surface area contributed by atoms with Gasteiger partial charge in [0.1, 0.15) is 0 Å². The average Bonchev–Trinajstić information content (AvgIpc) is 2.17. The molecule has 0 aromatic heterocycles. The van der Waals surface area contributed by atoms with Crippen molar-refractivity contribution in [3.8, 4) is 0 Å². The van der Waals surface area contributed by atoms with Gasteiger partial charge in [0.15, 0.2) is 0 Å². The molecule has 0 aromatic rings. The molecule has 2 N–H and O–H groups in total.